The van der Waals surface area contributed by atoms with E-state index >= 15 is 0 Å². The summed E-state index contributed by atoms with van der Waals surface area (Å²) in [5.41, 5.74) is 0.674. The Hall–Kier alpha value is -1.01. The van der Waals surface area contributed by atoms with Crippen LogP contribution in [0.3, 0.4) is 0 Å². The fourth-order valence-corrected chi connectivity index (χ4v) is 1.95. The molecule has 0 aliphatic carbocycles. The Morgan fingerprint density at radius 3 is 3.00 bits per heavy atom. The summed E-state index contributed by atoms with van der Waals surface area (Å²) < 4.78 is 0. The van der Waals surface area contributed by atoms with E-state index in [-0.39, 0.29) is 11.1 Å². The third kappa shape index (κ3) is 3.86. The summed E-state index contributed by atoms with van der Waals surface area (Å²) in [6.07, 6.45) is 4.27. The second kappa shape index (κ2) is 6.55. The lowest BCUT2D eigenvalue weighted by Crippen LogP contribution is -2.39. The van der Waals surface area contributed by atoms with Crippen LogP contribution >= 0.6 is 24.0 Å². The maximum Gasteiger partial charge on any atom is 0.166 e. The minimum Gasteiger partial charge on any atom is -0.506 e. The molecule has 1 aromatic heterocycles. The molecular weight excluding hydrogens is 242 g/mol. The number of nitrogens with zero attached hydrogens (tertiary/aromatic N) is 1. The zero-order valence-electron chi connectivity index (χ0n) is 9.23. The highest BCUT2D eigenvalue weighted by molar-refractivity contribution is 7.99. The Morgan fingerprint density at radius 1 is 1.69 bits per heavy atom. The normalized spacial score (nSPS) is 11.9. The maximum absolute atomic E-state index is 9.60. The molecule has 3 N–H and O–H groups in total. The highest BCUT2D eigenvalue weighted by atomic mass is 32.2. The molecule has 0 fully saturated rings. The van der Waals surface area contributed by atoms with Crippen LogP contribution in [0.15, 0.2) is 18.3 Å². The number of aromatic nitrogens is 1. The Bertz CT molecular complexity index is 360. The largest absolute Gasteiger partial charge is 0.506 e. The summed E-state index contributed by atoms with van der Waals surface area (Å²) in [5.74, 6) is 0.221. The molecule has 0 aliphatic rings. The molecule has 6 heteroatoms. The second-order valence-corrected chi connectivity index (χ2v) is 4.57. The van der Waals surface area contributed by atoms with Crippen LogP contribution in [-0.4, -0.2) is 33.9 Å². The number of thiocarbonyl (C=S) groups is 1. The molecule has 1 atom stereocenters. The van der Waals surface area contributed by atoms with Crippen LogP contribution in [0, 0.1) is 0 Å². The predicted molar refractivity (Wildman–Crippen MR) is 71.7 cm³/mol. The molecule has 0 aliphatic heterocycles. The maximum atomic E-state index is 9.60. The summed E-state index contributed by atoms with van der Waals surface area (Å²) in [6, 6.07) is 3.34. The van der Waals surface area contributed by atoms with Crippen LogP contribution in [0.5, 0.6) is 5.75 Å². The average Bonchev–Trinajstić information content (AvgIpc) is 2.30. The van der Waals surface area contributed by atoms with E-state index in [1.807, 2.05) is 6.26 Å². The Kier molecular flexibility index (Phi) is 5.34. The molecule has 0 spiro atoms. The van der Waals surface area contributed by atoms with Crippen molar-refractivity contribution < 1.29 is 5.11 Å². The van der Waals surface area contributed by atoms with Crippen molar-refractivity contribution in [2.75, 3.05) is 13.3 Å². The summed E-state index contributed by atoms with van der Waals surface area (Å²) in [4.78, 5) is 4.13. The van der Waals surface area contributed by atoms with E-state index in [4.69, 9.17) is 12.2 Å². The van der Waals surface area contributed by atoms with E-state index in [0.717, 1.165) is 0 Å². The van der Waals surface area contributed by atoms with Gasteiger partial charge >= 0.3 is 0 Å². The monoisotopic (exact) mass is 257 g/mol. The molecule has 0 saturated heterocycles. The first kappa shape index (κ1) is 13.1. The first-order chi connectivity index (χ1) is 7.67. The van der Waals surface area contributed by atoms with E-state index in [9.17, 15) is 5.11 Å². The molecule has 0 radical (unpaired) electrons. The molecule has 1 rings (SSSR count). The molecule has 0 amide bonds. The van der Waals surface area contributed by atoms with E-state index < -0.39 is 0 Å². The number of rotatable bonds is 4. The van der Waals surface area contributed by atoms with Crippen molar-refractivity contribution in [1.82, 2.24) is 15.6 Å². The van der Waals surface area contributed by atoms with E-state index in [2.05, 4.69) is 15.6 Å². The molecule has 16 heavy (non-hydrogen) atoms. The minimum atomic E-state index is 0.0979. The number of hydrogen-bond acceptors (Lipinski definition) is 4. The Labute approximate surface area is 105 Å². The number of pyridine rings is 1. The van der Waals surface area contributed by atoms with Gasteiger partial charge in [0.1, 0.15) is 5.75 Å². The minimum absolute atomic E-state index is 0.0979. The standard InChI is InChI=1S/C10H15N3OS2/c1-11-10(15)13-9(16-2)6-7-8(14)4-3-5-12-7/h3-5,9,14H,6H2,1-2H3,(H2,11,13,15). The molecular formula is C10H15N3OS2. The van der Waals surface area contributed by atoms with Gasteiger partial charge in [-0.1, -0.05) is 0 Å². The Balaban J connectivity index is 2.63. The smallest absolute Gasteiger partial charge is 0.166 e. The highest BCUT2D eigenvalue weighted by Crippen LogP contribution is 2.17. The van der Waals surface area contributed by atoms with E-state index in [1.165, 1.54) is 0 Å². The topological polar surface area (TPSA) is 57.2 Å². The molecule has 1 heterocycles. The summed E-state index contributed by atoms with van der Waals surface area (Å²) in [6.45, 7) is 0. The molecule has 4 nitrogen and oxygen atoms in total. The fraction of sp³-hybridized carbons (Fsp3) is 0.400. The lowest BCUT2D eigenvalue weighted by Gasteiger charge is -2.17. The summed E-state index contributed by atoms with van der Waals surface area (Å²) >= 11 is 6.66. The molecule has 0 aromatic carbocycles. The van der Waals surface area contributed by atoms with Crippen molar-refractivity contribution >= 4 is 29.1 Å². The van der Waals surface area contributed by atoms with Crippen molar-refractivity contribution in [3.63, 3.8) is 0 Å². The van der Waals surface area contributed by atoms with Crippen LogP contribution in [0.2, 0.25) is 0 Å². The van der Waals surface area contributed by atoms with Crippen LogP contribution in [0.1, 0.15) is 5.69 Å². The van der Waals surface area contributed by atoms with E-state index in [1.54, 1.807) is 37.1 Å². The van der Waals surface area contributed by atoms with Crippen molar-refractivity contribution in [2.45, 2.75) is 11.8 Å². The SMILES string of the molecule is CNC(=S)NC(Cc1ncccc1O)SC. The van der Waals surface area contributed by atoms with Gasteiger partial charge in [-0.2, -0.15) is 0 Å². The summed E-state index contributed by atoms with van der Waals surface area (Å²) in [5, 5.41) is 16.3. The Morgan fingerprint density at radius 2 is 2.44 bits per heavy atom. The molecule has 0 bridgehead atoms. The average molecular weight is 257 g/mol. The highest BCUT2D eigenvalue weighted by Gasteiger charge is 2.12. The second-order valence-electron chi connectivity index (χ2n) is 3.12. The van der Waals surface area contributed by atoms with Crippen molar-refractivity contribution in [3.05, 3.63) is 24.0 Å². The quantitative estimate of drug-likeness (QED) is 0.555. The van der Waals surface area contributed by atoms with Crippen LogP contribution in [-0.2, 0) is 6.42 Å². The fourth-order valence-electron chi connectivity index (χ4n) is 1.17. The van der Waals surface area contributed by atoms with Gasteiger partial charge in [0.15, 0.2) is 5.11 Å². The predicted octanol–water partition coefficient (Wildman–Crippen LogP) is 1.11. The van der Waals surface area contributed by atoms with Gasteiger partial charge in [-0.25, -0.2) is 0 Å². The number of aromatic hydroxyl groups is 1. The van der Waals surface area contributed by atoms with Gasteiger partial charge in [-0.15, -0.1) is 11.8 Å². The van der Waals surface area contributed by atoms with Gasteiger partial charge in [0.2, 0.25) is 0 Å². The molecule has 1 unspecified atom stereocenters. The van der Waals surface area contributed by atoms with Gasteiger partial charge in [-0.3, -0.25) is 4.98 Å². The molecule has 0 saturated carbocycles. The van der Waals surface area contributed by atoms with Crippen molar-refractivity contribution in [2.24, 2.45) is 0 Å². The number of thioether (sulfide) groups is 1. The van der Waals surface area contributed by atoms with Crippen molar-refractivity contribution in [3.8, 4) is 5.75 Å². The summed E-state index contributed by atoms with van der Waals surface area (Å²) in [7, 11) is 1.77. The first-order valence-corrected chi connectivity index (χ1v) is 6.51. The third-order valence-electron chi connectivity index (χ3n) is 2.05. The zero-order chi connectivity index (χ0) is 12.0. The van der Waals surface area contributed by atoms with Gasteiger partial charge in [-0.05, 0) is 30.6 Å². The number of hydrogen-bond donors (Lipinski definition) is 3. The van der Waals surface area contributed by atoms with E-state index in [0.29, 0.717) is 17.2 Å². The zero-order valence-corrected chi connectivity index (χ0v) is 10.9. The number of nitrogens with one attached hydrogen (secondary N) is 2. The lowest BCUT2D eigenvalue weighted by molar-refractivity contribution is 0.462. The van der Waals surface area contributed by atoms with Gasteiger partial charge in [0.25, 0.3) is 0 Å². The van der Waals surface area contributed by atoms with Gasteiger partial charge in [0.05, 0.1) is 11.1 Å². The molecule has 1 aromatic rings. The third-order valence-corrected chi connectivity index (χ3v) is 3.22. The lowest BCUT2D eigenvalue weighted by atomic mass is 10.2. The first-order valence-electron chi connectivity index (χ1n) is 4.81. The van der Waals surface area contributed by atoms with Crippen LogP contribution in [0.25, 0.3) is 0 Å². The van der Waals surface area contributed by atoms with Crippen LogP contribution in [0.4, 0.5) is 0 Å². The molecule has 88 valence electrons. The van der Waals surface area contributed by atoms with Crippen LogP contribution < -0.4 is 10.6 Å². The van der Waals surface area contributed by atoms with Crippen molar-refractivity contribution in [1.29, 1.82) is 0 Å². The van der Waals surface area contributed by atoms with Gasteiger partial charge < -0.3 is 15.7 Å². The van der Waals surface area contributed by atoms with Gasteiger partial charge in [0, 0.05) is 19.7 Å².